The number of hydrogen-bond acceptors (Lipinski definition) is 2. The fourth-order valence-corrected chi connectivity index (χ4v) is 3.34. The number of aliphatic carboxylic acids is 1. The van der Waals surface area contributed by atoms with Crippen LogP contribution in [0.2, 0.25) is 5.02 Å². The SMILES string of the molecule is O=C(O)CCC(=O)N1Cc2cc(Cl)ccc2CC1c1ccccc1. The average Bonchev–Trinajstić information content (AvgIpc) is 2.59. The topological polar surface area (TPSA) is 57.6 Å². The van der Waals surface area contributed by atoms with Gasteiger partial charge in [-0.2, -0.15) is 0 Å². The van der Waals surface area contributed by atoms with Crippen LogP contribution in [0.1, 0.15) is 35.6 Å². The molecule has 1 amide bonds. The molecule has 0 bridgehead atoms. The molecule has 1 heterocycles. The third-order valence-corrected chi connectivity index (χ3v) is 4.59. The van der Waals surface area contributed by atoms with Crippen LogP contribution in [-0.4, -0.2) is 21.9 Å². The minimum absolute atomic E-state index is 0.00850. The quantitative estimate of drug-likeness (QED) is 0.917. The Balaban J connectivity index is 1.92. The fourth-order valence-electron chi connectivity index (χ4n) is 3.15. The lowest BCUT2D eigenvalue weighted by Gasteiger charge is -2.37. The van der Waals surface area contributed by atoms with Crippen molar-refractivity contribution in [3.05, 3.63) is 70.2 Å². The van der Waals surface area contributed by atoms with E-state index in [1.54, 1.807) is 4.90 Å². The van der Waals surface area contributed by atoms with Crippen LogP contribution >= 0.6 is 11.6 Å². The third kappa shape index (κ3) is 3.60. The molecule has 24 heavy (non-hydrogen) atoms. The van der Waals surface area contributed by atoms with Crippen LogP contribution in [0.25, 0.3) is 0 Å². The molecule has 1 aliphatic rings. The summed E-state index contributed by atoms with van der Waals surface area (Å²) in [5.74, 6) is -1.10. The Morgan fingerprint density at radius 3 is 2.54 bits per heavy atom. The Hall–Kier alpha value is -2.33. The van der Waals surface area contributed by atoms with Gasteiger partial charge in [0.1, 0.15) is 0 Å². The second-order valence-corrected chi connectivity index (χ2v) is 6.40. The molecular weight excluding hydrogens is 326 g/mol. The summed E-state index contributed by atoms with van der Waals surface area (Å²) in [6, 6.07) is 15.5. The second-order valence-electron chi connectivity index (χ2n) is 5.96. The van der Waals surface area contributed by atoms with E-state index in [1.807, 2.05) is 48.5 Å². The highest BCUT2D eigenvalue weighted by molar-refractivity contribution is 6.30. The fraction of sp³-hybridized carbons (Fsp3) is 0.263. The van der Waals surface area contributed by atoms with Crippen molar-refractivity contribution in [3.63, 3.8) is 0 Å². The molecule has 0 spiro atoms. The molecule has 1 unspecified atom stereocenters. The molecule has 0 aromatic heterocycles. The lowest BCUT2D eigenvalue weighted by molar-refractivity contribution is -0.142. The van der Waals surface area contributed by atoms with Gasteiger partial charge in [-0.1, -0.05) is 48.0 Å². The van der Waals surface area contributed by atoms with Crippen molar-refractivity contribution in [3.8, 4) is 0 Å². The van der Waals surface area contributed by atoms with Gasteiger partial charge >= 0.3 is 5.97 Å². The number of nitrogens with zero attached hydrogens (tertiary/aromatic N) is 1. The Labute approximate surface area is 145 Å². The summed E-state index contributed by atoms with van der Waals surface area (Å²) in [5.41, 5.74) is 3.26. The van der Waals surface area contributed by atoms with E-state index in [9.17, 15) is 9.59 Å². The molecule has 0 radical (unpaired) electrons. The molecule has 124 valence electrons. The average molecular weight is 344 g/mol. The zero-order chi connectivity index (χ0) is 17.1. The number of carboxylic acids is 1. The number of benzene rings is 2. The number of carbonyl (C=O) groups excluding carboxylic acids is 1. The van der Waals surface area contributed by atoms with Gasteiger partial charge in [-0.05, 0) is 35.2 Å². The first kappa shape index (κ1) is 16.5. The van der Waals surface area contributed by atoms with Crippen LogP contribution in [0.3, 0.4) is 0 Å². The van der Waals surface area contributed by atoms with Crippen LogP contribution in [-0.2, 0) is 22.6 Å². The number of fused-ring (bicyclic) bond motifs is 1. The first-order valence-corrected chi connectivity index (χ1v) is 8.26. The summed E-state index contributed by atoms with van der Waals surface area (Å²) in [7, 11) is 0. The lowest BCUT2D eigenvalue weighted by Crippen LogP contribution is -2.39. The highest BCUT2D eigenvalue weighted by Gasteiger charge is 2.30. The van der Waals surface area contributed by atoms with E-state index in [0.29, 0.717) is 18.0 Å². The van der Waals surface area contributed by atoms with E-state index in [1.165, 1.54) is 5.56 Å². The number of amides is 1. The van der Waals surface area contributed by atoms with Crippen LogP contribution in [0.4, 0.5) is 0 Å². The van der Waals surface area contributed by atoms with Gasteiger partial charge in [-0.3, -0.25) is 9.59 Å². The molecule has 5 heteroatoms. The Kier molecular flexibility index (Phi) is 4.86. The van der Waals surface area contributed by atoms with E-state index < -0.39 is 5.97 Å². The summed E-state index contributed by atoms with van der Waals surface area (Å²) in [6.45, 7) is 0.452. The molecule has 2 aromatic carbocycles. The summed E-state index contributed by atoms with van der Waals surface area (Å²) < 4.78 is 0. The van der Waals surface area contributed by atoms with Crippen molar-refractivity contribution in [1.29, 1.82) is 0 Å². The minimum Gasteiger partial charge on any atom is -0.481 e. The van der Waals surface area contributed by atoms with Crippen molar-refractivity contribution in [2.75, 3.05) is 0 Å². The monoisotopic (exact) mass is 343 g/mol. The van der Waals surface area contributed by atoms with Gasteiger partial charge in [0.2, 0.25) is 5.91 Å². The largest absolute Gasteiger partial charge is 0.481 e. The smallest absolute Gasteiger partial charge is 0.303 e. The van der Waals surface area contributed by atoms with Gasteiger partial charge in [0, 0.05) is 18.0 Å². The molecule has 2 aromatic rings. The predicted molar refractivity (Wildman–Crippen MR) is 91.8 cm³/mol. The van der Waals surface area contributed by atoms with Crippen molar-refractivity contribution < 1.29 is 14.7 Å². The molecule has 1 atom stereocenters. The summed E-state index contributed by atoms with van der Waals surface area (Å²) >= 11 is 6.08. The Morgan fingerprint density at radius 2 is 1.83 bits per heavy atom. The molecule has 0 saturated heterocycles. The van der Waals surface area contributed by atoms with E-state index in [2.05, 4.69) is 0 Å². The van der Waals surface area contributed by atoms with Crippen molar-refractivity contribution in [2.24, 2.45) is 0 Å². The molecule has 1 N–H and O–H groups in total. The third-order valence-electron chi connectivity index (χ3n) is 4.36. The van der Waals surface area contributed by atoms with Gasteiger partial charge in [0.25, 0.3) is 0 Å². The predicted octanol–water partition coefficient (Wildman–Crippen LogP) is 3.83. The van der Waals surface area contributed by atoms with E-state index in [0.717, 1.165) is 11.1 Å². The van der Waals surface area contributed by atoms with Gasteiger partial charge in [0.05, 0.1) is 12.5 Å². The number of hydrogen-bond donors (Lipinski definition) is 1. The molecule has 4 nitrogen and oxygen atoms in total. The summed E-state index contributed by atoms with van der Waals surface area (Å²) in [4.78, 5) is 25.2. The first-order valence-electron chi connectivity index (χ1n) is 7.88. The zero-order valence-corrected chi connectivity index (χ0v) is 13.9. The molecule has 0 saturated carbocycles. The maximum absolute atomic E-state index is 12.6. The normalized spacial score (nSPS) is 16.5. The Bertz CT molecular complexity index is 760. The van der Waals surface area contributed by atoms with E-state index >= 15 is 0 Å². The number of carboxylic acid groups (broad SMARTS) is 1. The van der Waals surface area contributed by atoms with Crippen molar-refractivity contribution in [1.82, 2.24) is 4.90 Å². The van der Waals surface area contributed by atoms with Crippen LogP contribution in [0, 0.1) is 0 Å². The van der Waals surface area contributed by atoms with E-state index in [-0.39, 0.29) is 24.8 Å². The molecular formula is C19H18ClNO3. The highest BCUT2D eigenvalue weighted by atomic mass is 35.5. The van der Waals surface area contributed by atoms with Crippen molar-refractivity contribution >= 4 is 23.5 Å². The second kappa shape index (κ2) is 7.05. The summed E-state index contributed by atoms with van der Waals surface area (Å²) in [5, 5.41) is 9.49. The van der Waals surface area contributed by atoms with Gasteiger partial charge in [-0.25, -0.2) is 0 Å². The van der Waals surface area contributed by atoms with Crippen LogP contribution in [0.5, 0.6) is 0 Å². The molecule has 0 fully saturated rings. The van der Waals surface area contributed by atoms with Gasteiger partial charge in [-0.15, -0.1) is 0 Å². The van der Waals surface area contributed by atoms with Gasteiger partial charge in [0.15, 0.2) is 0 Å². The minimum atomic E-state index is -0.958. The highest BCUT2D eigenvalue weighted by Crippen LogP contribution is 2.34. The molecule has 0 aliphatic carbocycles. The number of carbonyl (C=O) groups is 2. The summed E-state index contributed by atoms with van der Waals surface area (Å²) in [6.07, 6.45) is 0.559. The lowest BCUT2D eigenvalue weighted by atomic mass is 9.89. The first-order chi connectivity index (χ1) is 11.5. The number of halogens is 1. The van der Waals surface area contributed by atoms with Crippen molar-refractivity contribution in [2.45, 2.75) is 31.8 Å². The number of rotatable bonds is 4. The van der Waals surface area contributed by atoms with E-state index in [4.69, 9.17) is 16.7 Å². The zero-order valence-electron chi connectivity index (χ0n) is 13.1. The maximum atomic E-state index is 12.6. The van der Waals surface area contributed by atoms with Crippen LogP contribution in [0.15, 0.2) is 48.5 Å². The molecule has 3 rings (SSSR count). The maximum Gasteiger partial charge on any atom is 0.303 e. The van der Waals surface area contributed by atoms with Crippen LogP contribution < -0.4 is 0 Å². The van der Waals surface area contributed by atoms with Gasteiger partial charge < -0.3 is 10.0 Å². The molecule has 1 aliphatic heterocycles. The Morgan fingerprint density at radius 1 is 1.08 bits per heavy atom. The standard InChI is InChI=1S/C19H18ClNO3/c20-16-7-6-14-11-17(13-4-2-1-3-5-13)21(12-15(14)10-16)18(22)8-9-19(23)24/h1-7,10,17H,8-9,11-12H2,(H,23,24).